The van der Waals surface area contributed by atoms with Crippen molar-refractivity contribution in [2.24, 2.45) is 0 Å². The van der Waals surface area contributed by atoms with E-state index in [1.54, 1.807) is 0 Å². The first-order chi connectivity index (χ1) is 14.2. The summed E-state index contributed by atoms with van der Waals surface area (Å²) in [5.74, 6) is 0.265. The van der Waals surface area contributed by atoms with Crippen LogP contribution in [0.2, 0.25) is 0 Å². The summed E-state index contributed by atoms with van der Waals surface area (Å²) in [4.78, 5) is 15.2. The average Bonchev–Trinajstić information content (AvgIpc) is 2.77. The van der Waals surface area contributed by atoms with E-state index >= 15 is 0 Å². The van der Waals surface area contributed by atoms with Crippen LogP contribution in [0.5, 0.6) is 0 Å². The van der Waals surface area contributed by atoms with E-state index in [0.717, 1.165) is 11.3 Å². The van der Waals surface area contributed by atoms with Gasteiger partial charge in [-0.25, -0.2) is 0 Å². The van der Waals surface area contributed by atoms with Gasteiger partial charge in [0.25, 0.3) is 0 Å². The molecule has 0 bridgehead atoms. The standard InChI is InChI=1S/C27H23NO/c1-19-11-13-20(14-12-19)18-28-25-16-15-22-9-5-6-10-23(22)27(25)24(17-26(28)29)21-7-3-2-4-8-21/h2-16,24H,17-18H2,1H3. The minimum absolute atomic E-state index is 0.0825. The lowest BCUT2D eigenvalue weighted by atomic mass is 9.81. The normalized spacial score (nSPS) is 16.1. The van der Waals surface area contributed by atoms with Gasteiger partial charge in [0.15, 0.2) is 0 Å². The molecule has 142 valence electrons. The summed E-state index contributed by atoms with van der Waals surface area (Å²) in [5, 5.41) is 2.46. The van der Waals surface area contributed by atoms with Gasteiger partial charge in [-0.15, -0.1) is 0 Å². The van der Waals surface area contributed by atoms with E-state index < -0.39 is 0 Å². The Kier molecular flexibility index (Phi) is 4.40. The molecule has 0 saturated carbocycles. The van der Waals surface area contributed by atoms with Crippen molar-refractivity contribution in [1.29, 1.82) is 0 Å². The fraction of sp³-hybridized carbons (Fsp3) is 0.148. The van der Waals surface area contributed by atoms with E-state index in [1.807, 2.05) is 11.0 Å². The van der Waals surface area contributed by atoms with Crippen LogP contribution in [0.15, 0.2) is 91.0 Å². The molecule has 1 amide bonds. The van der Waals surface area contributed by atoms with Crippen LogP contribution in [0.3, 0.4) is 0 Å². The van der Waals surface area contributed by atoms with Gasteiger partial charge < -0.3 is 4.90 Å². The highest BCUT2D eigenvalue weighted by atomic mass is 16.2. The fourth-order valence-electron chi connectivity index (χ4n) is 4.43. The predicted molar refractivity (Wildman–Crippen MR) is 119 cm³/mol. The Morgan fingerprint density at radius 3 is 2.34 bits per heavy atom. The van der Waals surface area contributed by atoms with Crippen LogP contribution in [0.25, 0.3) is 10.8 Å². The molecule has 29 heavy (non-hydrogen) atoms. The third kappa shape index (κ3) is 3.21. The Morgan fingerprint density at radius 1 is 0.828 bits per heavy atom. The van der Waals surface area contributed by atoms with Crippen molar-refractivity contribution < 1.29 is 4.79 Å². The van der Waals surface area contributed by atoms with Crippen molar-refractivity contribution in [2.45, 2.75) is 25.8 Å². The molecule has 1 heterocycles. The maximum atomic E-state index is 13.3. The number of carbonyl (C=O) groups is 1. The van der Waals surface area contributed by atoms with Crippen LogP contribution in [0.1, 0.15) is 34.6 Å². The molecule has 1 unspecified atom stereocenters. The molecule has 0 aliphatic carbocycles. The number of hydrogen-bond donors (Lipinski definition) is 0. The number of nitrogens with zero attached hydrogens (tertiary/aromatic N) is 1. The molecular formula is C27H23NO. The molecule has 0 saturated heterocycles. The zero-order valence-electron chi connectivity index (χ0n) is 16.5. The van der Waals surface area contributed by atoms with Gasteiger partial charge in [-0.3, -0.25) is 4.79 Å². The minimum atomic E-state index is 0.0825. The van der Waals surface area contributed by atoms with Crippen LogP contribution < -0.4 is 4.90 Å². The molecule has 0 radical (unpaired) electrons. The van der Waals surface area contributed by atoms with E-state index in [0.29, 0.717) is 13.0 Å². The number of carbonyl (C=O) groups excluding carboxylic acids is 1. The molecule has 1 atom stereocenters. The Bertz CT molecular complexity index is 1180. The fourth-order valence-corrected chi connectivity index (χ4v) is 4.43. The summed E-state index contributed by atoms with van der Waals surface area (Å²) >= 11 is 0. The number of fused-ring (bicyclic) bond motifs is 3. The number of amides is 1. The van der Waals surface area contributed by atoms with Crippen molar-refractivity contribution in [3.63, 3.8) is 0 Å². The first kappa shape index (κ1) is 17.7. The maximum Gasteiger partial charge on any atom is 0.228 e. The van der Waals surface area contributed by atoms with Gasteiger partial charge in [0, 0.05) is 18.0 Å². The second-order valence-electron chi connectivity index (χ2n) is 7.85. The first-order valence-electron chi connectivity index (χ1n) is 10.1. The lowest BCUT2D eigenvalue weighted by Gasteiger charge is -2.35. The van der Waals surface area contributed by atoms with Crippen LogP contribution in [-0.4, -0.2) is 5.91 Å². The Labute approximate surface area is 171 Å². The van der Waals surface area contributed by atoms with Crippen LogP contribution in [0.4, 0.5) is 5.69 Å². The van der Waals surface area contributed by atoms with Gasteiger partial charge in [-0.05, 0) is 40.5 Å². The topological polar surface area (TPSA) is 20.3 Å². The average molecular weight is 377 g/mol. The molecule has 1 aliphatic rings. The van der Waals surface area contributed by atoms with Gasteiger partial charge in [0.1, 0.15) is 0 Å². The summed E-state index contributed by atoms with van der Waals surface area (Å²) in [6, 6.07) is 31.6. The van der Waals surface area contributed by atoms with Crippen LogP contribution in [-0.2, 0) is 11.3 Å². The van der Waals surface area contributed by atoms with Crippen molar-refractivity contribution in [2.75, 3.05) is 4.90 Å². The molecule has 4 aromatic carbocycles. The van der Waals surface area contributed by atoms with Gasteiger partial charge in [-0.2, -0.15) is 0 Å². The van der Waals surface area contributed by atoms with Crippen LogP contribution >= 0.6 is 0 Å². The largest absolute Gasteiger partial charge is 0.308 e. The maximum absolute atomic E-state index is 13.3. The van der Waals surface area contributed by atoms with Crippen LogP contribution in [0, 0.1) is 6.92 Å². The molecule has 0 aromatic heterocycles. The van der Waals surface area contributed by atoms with Gasteiger partial charge in [-0.1, -0.05) is 90.5 Å². The number of hydrogen-bond acceptors (Lipinski definition) is 1. The Hall–Kier alpha value is -3.39. The highest BCUT2D eigenvalue weighted by Crippen LogP contribution is 2.44. The molecule has 0 fully saturated rings. The number of rotatable bonds is 3. The molecule has 1 aliphatic heterocycles. The highest BCUT2D eigenvalue weighted by molar-refractivity contribution is 6.03. The van der Waals surface area contributed by atoms with E-state index in [1.165, 1.54) is 27.5 Å². The molecule has 0 N–H and O–H groups in total. The lowest BCUT2D eigenvalue weighted by Crippen LogP contribution is -2.36. The zero-order valence-corrected chi connectivity index (χ0v) is 16.5. The second-order valence-corrected chi connectivity index (χ2v) is 7.85. The van der Waals surface area contributed by atoms with Crippen molar-refractivity contribution in [3.8, 4) is 0 Å². The summed E-state index contributed by atoms with van der Waals surface area (Å²) in [5.41, 5.74) is 5.89. The molecule has 2 nitrogen and oxygen atoms in total. The first-order valence-corrected chi connectivity index (χ1v) is 10.1. The zero-order chi connectivity index (χ0) is 19.8. The summed E-state index contributed by atoms with van der Waals surface area (Å²) in [6.45, 7) is 2.69. The lowest BCUT2D eigenvalue weighted by molar-refractivity contribution is -0.119. The smallest absolute Gasteiger partial charge is 0.228 e. The highest BCUT2D eigenvalue weighted by Gasteiger charge is 2.33. The summed E-state index contributed by atoms with van der Waals surface area (Å²) < 4.78 is 0. The van der Waals surface area contributed by atoms with Gasteiger partial charge in [0.05, 0.1) is 6.54 Å². The molecule has 4 aromatic rings. The quantitative estimate of drug-likeness (QED) is 0.415. The number of aryl methyl sites for hydroxylation is 1. The van der Waals surface area contributed by atoms with Gasteiger partial charge in [0.2, 0.25) is 5.91 Å². The van der Waals surface area contributed by atoms with E-state index in [9.17, 15) is 4.79 Å². The third-order valence-electron chi connectivity index (χ3n) is 5.93. The summed E-state index contributed by atoms with van der Waals surface area (Å²) in [6.07, 6.45) is 0.497. The minimum Gasteiger partial charge on any atom is -0.308 e. The van der Waals surface area contributed by atoms with Crippen molar-refractivity contribution in [3.05, 3.63) is 113 Å². The van der Waals surface area contributed by atoms with E-state index in [-0.39, 0.29) is 11.8 Å². The number of benzene rings is 4. The van der Waals surface area contributed by atoms with Crippen molar-refractivity contribution in [1.82, 2.24) is 0 Å². The Balaban J connectivity index is 1.67. The molecule has 2 heteroatoms. The third-order valence-corrected chi connectivity index (χ3v) is 5.93. The number of anilines is 1. The SMILES string of the molecule is Cc1ccc(CN2C(=O)CC(c3ccccc3)c3c2ccc2ccccc32)cc1. The second kappa shape index (κ2) is 7.21. The van der Waals surface area contributed by atoms with Crippen molar-refractivity contribution >= 4 is 22.4 Å². The Morgan fingerprint density at radius 2 is 1.55 bits per heavy atom. The van der Waals surface area contributed by atoms with Gasteiger partial charge >= 0.3 is 0 Å². The monoisotopic (exact) mass is 377 g/mol. The van der Waals surface area contributed by atoms with E-state index in [2.05, 4.69) is 91.9 Å². The predicted octanol–water partition coefficient (Wildman–Crippen LogP) is 6.22. The van der Waals surface area contributed by atoms with E-state index in [4.69, 9.17) is 0 Å². The molecule has 0 spiro atoms. The summed E-state index contributed by atoms with van der Waals surface area (Å²) in [7, 11) is 0. The molecule has 5 rings (SSSR count). The molecular weight excluding hydrogens is 354 g/mol.